The van der Waals surface area contributed by atoms with E-state index in [0.29, 0.717) is 10.8 Å². The smallest absolute Gasteiger partial charge is 0.0288 e. The van der Waals surface area contributed by atoms with Crippen LogP contribution in [0.5, 0.6) is 0 Å². The summed E-state index contributed by atoms with van der Waals surface area (Å²) in [5.41, 5.74) is 2.81. The van der Waals surface area contributed by atoms with Crippen molar-refractivity contribution in [3.63, 3.8) is 0 Å². The molecule has 100 valence electrons. The maximum absolute atomic E-state index is 3.71. The predicted molar refractivity (Wildman–Crippen MR) is 82.4 cm³/mol. The highest BCUT2D eigenvalue weighted by Crippen LogP contribution is 2.41. The van der Waals surface area contributed by atoms with Gasteiger partial charge in [0.15, 0.2) is 0 Å². The van der Waals surface area contributed by atoms with Gasteiger partial charge in [0.25, 0.3) is 0 Å². The van der Waals surface area contributed by atoms with Crippen molar-refractivity contribution in [1.29, 1.82) is 0 Å². The van der Waals surface area contributed by atoms with Crippen LogP contribution < -0.4 is 5.32 Å². The zero-order valence-corrected chi connectivity index (χ0v) is 12.6. The van der Waals surface area contributed by atoms with Gasteiger partial charge in [-0.1, -0.05) is 36.8 Å². The first-order valence-electron chi connectivity index (χ1n) is 7.07. The molecule has 1 fully saturated rings. The summed E-state index contributed by atoms with van der Waals surface area (Å²) in [6.45, 7) is 7.86. The highest BCUT2D eigenvalue weighted by atomic mass is 32.2. The van der Waals surface area contributed by atoms with Crippen molar-refractivity contribution >= 4 is 11.8 Å². The second-order valence-corrected chi connectivity index (χ2v) is 7.19. The van der Waals surface area contributed by atoms with Crippen LogP contribution in [0.2, 0.25) is 0 Å². The van der Waals surface area contributed by atoms with E-state index in [-0.39, 0.29) is 0 Å². The normalized spacial score (nSPS) is 25.3. The molecule has 18 heavy (non-hydrogen) atoms. The molecule has 1 aromatic carbocycles. The predicted octanol–water partition coefficient (Wildman–Crippen LogP) is 3.80. The summed E-state index contributed by atoms with van der Waals surface area (Å²) in [6, 6.07) is 9.61. The fraction of sp³-hybridized carbons (Fsp3) is 0.625. The minimum Gasteiger partial charge on any atom is -0.313 e. The van der Waals surface area contributed by atoms with Gasteiger partial charge in [-0.05, 0) is 51.0 Å². The van der Waals surface area contributed by atoms with Gasteiger partial charge in [-0.25, -0.2) is 0 Å². The Morgan fingerprint density at radius 1 is 1.33 bits per heavy atom. The standard InChI is InChI=1S/C16H25NS/c1-4-17-15(16(3)10-5-11-18-16)12-14-8-6-13(2)7-9-14/h6-9,15,17H,4-5,10-12H2,1-3H3. The molecule has 1 aliphatic rings. The molecule has 0 aromatic heterocycles. The fourth-order valence-electron chi connectivity index (χ4n) is 2.79. The highest BCUT2D eigenvalue weighted by molar-refractivity contribution is 8.00. The third-order valence-electron chi connectivity index (χ3n) is 4.00. The van der Waals surface area contributed by atoms with E-state index in [1.807, 2.05) is 0 Å². The molecule has 0 spiro atoms. The van der Waals surface area contributed by atoms with Crippen molar-refractivity contribution in [3.05, 3.63) is 35.4 Å². The number of hydrogen-bond donors (Lipinski definition) is 1. The van der Waals surface area contributed by atoms with E-state index in [0.717, 1.165) is 13.0 Å². The van der Waals surface area contributed by atoms with Gasteiger partial charge in [-0.2, -0.15) is 11.8 Å². The average molecular weight is 263 g/mol. The molecule has 2 heteroatoms. The third kappa shape index (κ3) is 3.30. The van der Waals surface area contributed by atoms with Gasteiger partial charge in [0.05, 0.1) is 0 Å². The first kappa shape index (κ1) is 14.0. The summed E-state index contributed by atoms with van der Waals surface area (Å²) >= 11 is 2.15. The Hall–Kier alpha value is -0.470. The van der Waals surface area contributed by atoms with E-state index in [4.69, 9.17) is 0 Å². The molecule has 0 saturated carbocycles. The van der Waals surface area contributed by atoms with Crippen molar-refractivity contribution in [1.82, 2.24) is 5.32 Å². The lowest BCUT2D eigenvalue weighted by Crippen LogP contribution is -2.46. The molecule has 1 saturated heterocycles. The second kappa shape index (κ2) is 6.12. The van der Waals surface area contributed by atoms with Crippen molar-refractivity contribution in [2.24, 2.45) is 0 Å². The van der Waals surface area contributed by atoms with Gasteiger partial charge in [0.1, 0.15) is 0 Å². The molecular formula is C16H25NS. The van der Waals surface area contributed by atoms with E-state index >= 15 is 0 Å². The monoisotopic (exact) mass is 263 g/mol. The quantitative estimate of drug-likeness (QED) is 0.867. The number of nitrogens with one attached hydrogen (secondary N) is 1. The van der Waals surface area contributed by atoms with Gasteiger partial charge in [0, 0.05) is 10.8 Å². The van der Waals surface area contributed by atoms with Gasteiger partial charge < -0.3 is 5.32 Å². The van der Waals surface area contributed by atoms with E-state index in [1.165, 1.54) is 29.7 Å². The number of thioether (sulfide) groups is 1. The lowest BCUT2D eigenvalue weighted by Gasteiger charge is -2.34. The van der Waals surface area contributed by atoms with Crippen molar-refractivity contribution < 1.29 is 0 Å². The highest BCUT2D eigenvalue weighted by Gasteiger charge is 2.37. The summed E-state index contributed by atoms with van der Waals surface area (Å²) in [6.07, 6.45) is 3.87. The molecule has 2 atom stereocenters. The average Bonchev–Trinajstić information content (AvgIpc) is 2.80. The topological polar surface area (TPSA) is 12.0 Å². The molecule has 0 radical (unpaired) electrons. The molecule has 0 aliphatic carbocycles. The molecule has 2 rings (SSSR count). The Bertz CT molecular complexity index is 365. The third-order valence-corrected chi connectivity index (χ3v) is 5.64. The first-order valence-corrected chi connectivity index (χ1v) is 8.05. The van der Waals surface area contributed by atoms with Crippen LogP contribution in [0.15, 0.2) is 24.3 Å². The summed E-state index contributed by atoms with van der Waals surface area (Å²) in [5.74, 6) is 1.33. The largest absolute Gasteiger partial charge is 0.313 e. The lowest BCUT2D eigenvalue weighted by molar-refractivity contribution is 0.406. The lowest BCUT2D eigenvalue weighted by atomic mass is 9.90. The Kier molecular flexibility index (Phi) is 4.74. The zero-order chi connectivity index (χ0) is 13.0. The van der Waals surface area contributed by atoms with Crippen molar-refractivity contribution in [2.75, 3.05) is 12.3 Å². The van der Waals surface area contributed by atoms with Crippen molar-refractivity contribution in [2.45, 2.75) is 50.8 Å². The second-order valence-electron chi connectivity index (χ2n) is 5.56. The number of likely N-dealkylation sites (N-methyl/N-ethyl adjacent to an activating group) is 1. The van der Waals surface area contributed by atoms with Crippen molar-refractivity contribution in [3.8, 4) is 0 Å². The maximum atomic E-state index is 3.71. The molecule has 1 N–H and O–H groups in total. The molecule has 1 heterocycles. The molecule has 1 aromatic rings. The fourth-order valence-corrected chi connectivity index (χ4v) is 4.20. The van der Waals surface area contributed by atoms with Gasteiger partial charge in [-0.3, -0.25) is 0 Å². The van der Waals surface area contributed by atoms with Crippen LogP contribution in [0.25, 0.3) is 0 Å². The van der Waals surface area contributed by atoms with Gasteiger partial charge in [0.2, 0.25) is 0 Å². The number of rotatable bonds is 5. The Morgan fingerprint density at radius 2 is 2.06 bits per heavy atom. The number of benzene rings is 1. The van der Waals surface area contributed by atoms with Crippen LogP contribution in [-0.2, 0) is 6.42 Å². The Morgan fingerprint density at radius 3 is 2.61 bits per heavy atom. The van der Waals surface area contributed by atoms with E-state index in [1.54, 1.807) is 0 Å². The first-order chi connectivity index (χ1) is 8.64. The summed E-state index contributed by atoms with van der Waals surface area (Å²) in [5, 5.41) is 3.71. The summed E-state index contributed by atoms with van der Waals surface area (Å²) in [7, 11) is 0. The van der Waals surface area contributed by atoms with Gasteiger partial charge >= 0.3 is 0 Å². The minimum absolute atomic E-state index is 0.418. The number of aryl methyl sites for hydroxylation is 1. The molecular weight excluding hydrogens is 238 g/mol. The molecule has 1 aliphatic heterocycles. The van der Waals surface area contributed by atoms with Crippen LogP contribution in [-0.4, -0.2) is 23.1 Å². The molecule has 0 bridgehead atoms. The maximum Gasteiger partial charge on any atom is 0.0288 e. The van der Waals surface area contributed by atoms with E-state index in [9.17, 15) is 0 Å². The van der Waals surface area contributed by atoms with E-state index < -0.39 is 0 Å². The molecule has 2 unspecified atom stereocenters. The molecule has 1 nitrogen and oxygen atoms in total. The van der Waals surface area contributed by atoms with Crippen LogP contribution in [0, 0.1) is 6.92 Å². The minimum atomic E-state index is 0.418. The Labute approximate surface area is 116 Å². The van der Waals surface area contributed by atoms with Crippen LogP contribution >= 0.6 is 11.8 Å². The van der Waals surface area contributed by atoms with Crippen LogP contribution in [0.4, 0.5) is 0 Å². The SMILES string of the molecule is CCNC(Cc1ccc(C)cc1)C1(C)CCCS1. The summed E-state index contributed by atoms with van der Waals surface area (Å²) in [4.78, 5) is 0. The zero-order valence-electron chi connectivity index (χ0n) is 11.8. The van der Waals surface area contributed by atoms with E-state index in [2.05, 4.69) is 62.1 Å². The van der Waals surface area contributed by atoms with Gasteiger partial charge in [-0.15, -0.1) is 0 Å². The summed E-state index contributed by atoms with van der Waals surface area (Å²) < 4.78 is 0.418. The Balaban J connectivity index is 2.08. The van der Waals surface area contributed by atoms with Crippen LogP contribution in [0.1, 0.15) is 37.8 Å². The molecule has 0 amide bonds. The van der Waals surface area contributed by atoms with Crippen LogP contribution in [0.3, 0.4) is 0 Å². The number of hydrogen-bond acceptors (Lipinski definition) is 2.